The Balaban J connectivity index is 1.23. The zero-order valence-corrected chi connectivity index (χ0v) is 19.2. The molecule has 0 saturated carbocycles. The summed E-state index contributed by atoms with van der Waals surface area (Å²) in [5, 5.41) is 2.84. The van der Waals surface area contributed by atoms with Crippen molar-refractivity contribution in [2.24, 2.45) is 0 Å². The van der Waals surface area contributed by atoms with Crippen molar-refractivity contribution in [1.29, 1.82) is 0 Å². The summed E-state index contributed by atoms with van der Waals surface area (Å²) in [6, 6.07) is 21.2. The third kappa shape index (κ3) is 4.72. The van der Waals surface area contributed by atoms with Crippen molar-refractivity contribution >= 4 is 32.7 Å². The van der Waals surface area contributed by atoms with Gasteiger partial charge in [0.25, 0.3) is 5.91 Å². The first-order valence-electron chi connectivity index (χ1n) is 11.0. The summed E-state index contributed by atoms with van der Waals surface area (Å²) in [5.41, 5.74) is 3.83. The minimum Gasteiger partial charge on any atom is -0.377 e. The fourth-order valence-electron chi connectivity index (χ4n) is 3.95. The third-order valence-electron chi connectivity index (χ3n) is 5.81. The number of fused-ring (bicyclic) bond motifs is 1. The summed E-state index contributed by atoms with van der Waals surface area (Å²) >= 11 is 0. The van der Waals surface area contributed by atoms with Crippen molar-refractivity contribution in [3.05, 3.63) is 84.7 Å². The zero-order chi connectivity index (χ0) is 23.5. The molecule has 0 unspecified atom stereocenters. The molecule has 174 valence electrons. The first-order chi connectivity index (χ1) is 16.5. The lowest BCUT2D eigenvalue weighted by Crippen LogP contribution is -2.31. The van der Waals surface area contributed by atoms with E-state index in [1.165, 1.54) is 24.3 Å². The van der Waals surface area contributed by atoms with E-state index >= 15 is 0 Å². The number of aromatic nitrogens is 2. The van der Waals surface area contributed by atoms with E-state index in [4.69, 9.17) is 4.74 Å². The molecule has 1 aliphatic heterocycles. The Hall–Kier alpha value is -3.53. The number of benzene rings is 3. The second kappa shape index (κ2) is 9.38. The minimum absolute atomic E-state index is 0.0845. The Kier molecular flexibility index (Phi) is 6.14. The highest BCUT2D eigenvalue weighted by atomic mass is 32.2. The number of amides is 1. The number of carbonyl (C=O) groups is 1. The van der Waals surface area contributed by atoms with Crippen LogP contribution in [0, 0.1) is 0 Å². The normalized spacial score (nSPS) is 16.1. The van der Waals surface area contributed by atoms with Gasteiger partial charge in [-0.3, -0.25) is 9.36 Å². The predicted molar refractivity (Wildman–Crippen MR) is 130 cm³/mol. The lowest BCUT2D eigenvalue weighted by molar-refractivity contribution is 0.102. The van der Waals surface area contributed by atoms with Gasteiger partial charge in [0.1, 0.15) is 6.33 Å². The fraction of sp³-hybridized carbons (Fsp3) is 0.200. The van der Waals surface area contributed by atoms with Crippen LogP contribution in [-0.4, -0.2) is 43.1 Å². The molecule has 1 saturated heterocycles. The number of hydrogen-bond donors (Lipinski definition) is 2. The summed E-state index contributed by atoms with van der Waals surface area (Å²) in [4.78, 5) is 17.2. The number of nitrogens with one attached hydrogen (secondary N) is 2. The second-order valence-electron chi connectivity index (χ2n) is 8.12. The largest absolute Gasteiger partial charge is 0.377 e. The van der Waals surface area contributed by atoms with E-state index in [2.05, 4.69) is 15.0 Å². The molecule has 1 aromatic heterocycles. The second-order valence-corrected chi connectivity index (χ2v) is 9.88. The molecule has 1 fully saturated rings. The highest BCUT2D eigenvalue weighted by Gasteiger charge is 2.20. The van der Waals surface area contributed by atoms with E-state index < -0.39 is 10.0 Å². The Bertz CT molecular complexity index is 1410. The van der Waals surface area contributed by atoms with Crippen molar-refractivity contribution < 1.29 is 17.9 Å². The number of imidazole rings is 1. The van der Waals surface area contributed by atoms with E-state index in [0.717, 1.165) is 29.6 Å². The molecule has 2 N–H and O–H groups in total. The molecule has 4 aromatic rings. The summed E-state index contributed by atoms with van der Waals surface area (Å²) < 4.78 is 35.0. The highest BCUT2D eigenvalue weighted by molar-refractivity contribution is 7.89. The molecule has 1 amide bonds. The molecule has 5 rings (SSSR count). The van der Waals surface area contributed by atoms with Crippen molar-refractivity contribution in [1.82, 2.24) is 14.3 Å². The van der Waals surface area contributed by atoms with Crippen LogP contribution in [0.3, 0.4) is 0 Å². The third-order valence-corrected chi connectivity index (χ3v) is 7.25. The Morgan fingerprint density at radius 1 is 1.03 bits per heavy atom. The Morgan fingerprint density at radius 2 is 1.79 bits per heavy atom. The first kappa shape index (κ1) is 22.3. The van der Waals surface area contributed by atoms with Crippen molar-refractivity contribution in [3.63, 3.8) is 0 Å². The topological polar surface area (TPSA) is 102 Å². The number of hydrogen-bond acceptors (Lipinski definition) is 5. The summed E-state index contributed by atoms with van der Waals surface area (Å²) in [7, 11) is -3.66. The van der Waals surface area contributed by atoms with E-state index in [0.29, 0.717) is 17.9 Å². The van der Waals surface area contributed by atoms with Gasteiger partial charge in [-0.15, -0.1) is 0 Å². The van der Waals surface area contributed by atoms with Gasteiger partial charge in [-0.2, -0.15) is 0 Å². The van der Waals surface area contributed by atoms with Crippen molar-refractivity contribution in [2.45, 2.75) is 23.8 Å². The lowest BCUT2D eigenvalue weighted by Gasteiger charge is -2.12. The number of sulfonamides is 1. The maximum absolute atomic E-state index is 12.7. The molecule has 0 spiro atoms. The number of nitrogens with zero attached hydrogens (tertiary/aromatic N) is 2. The van der Waals surface area contributed by atoms with Gasteiger partial charge in [-0.1, -0.05) is 12.1 Å². The number of carbonyl (C=O) groups excluding carboxylic acids is 1. The molecule has 8 nitrogen and oxygen atoms in total. The Labute approximate surface area is 197 Å². The van der Waals surface area contributed by atoms with Gasteiger partial charge in [0, 0.05) is 30.1 Å². The fourth-order valence-corrected chi connectivity index (χ4v) is 5.02. The Morgan fingerprint density at radius 3 is 2.53 bits per heavy atom. The molecule has 1 atom stereocenters. The molecule has 34 heavy (non-hydrogen) atoms. The van der Waals surface area contributed by atoms with E-state index in [1.807, 2.05) is 53.1 Å². The smallest absolute Gasteiger partial charge is 0.255 e. The highest BCUT2D eigenvalue weighted by Crippen LogP contribution is 2.20. The molecule has 2 heterocycles. The molecular weight excluding hydrogens is 452 g/mol. The summed E-state index contributed by atoms with van der Waals surface area (Å²) in [6.07, 6.45) is 3.48. The molecule has 0 bridgehead atoms. The van der Waals surface area contributed by atoms with Gasteiger partial charge in [0.05, 0.1) is 22.0 Å². The van der Waals surface area contributed by atoms with Gasteiger partial charge in [-0.25, -0.2) is 18.1 Å². The number of para-hydroxylation sites is 2. The van der Waals surface area contributed by atoms with Crippen LogP contribution in [0.1, 0.15) is 23.2 Å². The van der Waals surface area contributed by atoms with Crippen LogP contribution in [0.25, 0.3) is 16.7 Å². The molecule has 0 radical (unpaired) electrons. The van der Waals surface area contributed by atoms with Crippen LogP contribution < -0.4 is 10.0 Å². The van der Waals surface area contributed by atoms with Crippen LogP contribution in [0.2, 0.25) is 0 Å². The first-order valence-corrected chi connectivity index (χ1v) is 12.5. The summed E-state index contributed by atoms with van der Waals surface area (Å²) in [5.74, 6) is -0.322. The van der Waals surface area contributed by atoms with E-state index in [-0.39, 0.29) is 23.5 Å². The maximum Gasteiger partial charge on any atom is 0.255 e. The van der Waals surface area contributed by atoms with Crippen molar-refractivity contribution in [2.75, 3.05) is 18.5 Å². The SMILES string of the molecule is O=C(Nc1ccc(-n2cnc3ccccc32)cc1)c1ccc(S(=O)(=O)NC[C@@H]2CCCO2)cc1. The maximum atomic E-state index is 12.7. The number of ether oxygens (including phenoxy) is 1. The average Bonchev–Trinajstić information content (AvgIpc) is 3.54. The van der Waals surface area contributed by atoms with Gasteiger partial charge in [0.15, 0.2) is 0 Å². The molecule has 3 aromatic carbocycles. The van der Waals surface area contributed by atoms with Crippen LogP contribution >= 0.6 is 0 Å². The minimum atomic E-state index is -3.66. The summed E-state index contributed by atoms with van der Waals surface area (Å²) in [6.45, 7) is 0.912. The molecule has 1 aliphatic rings. The predicted octanol–water partition coefficient (Wildman–Crippen LogP) is 3.74. The zero-order valence-electron chi connectivity index (χ0n) is 18.3. The van der Waals surface area contributed by atoms with Crippen molar-refractivity contribution in [3.8, 4) is 5.69 Å². The number of anilines is 1. The molecule has 0 aliphatic carbocycles. The van der Waals surface area contributed by atoms with Gasteiger partial charge in [0.2, 0.25) is 10.0 Å². The molecule has 9 heteroatoms. The van der Waals surface area contributed by atoms with Crippen LogP contribution in [0.4, 0.5) is 5.69 Å². The van der Waals surface area contributed by atoms with E-state index in [1.54, 1.807) is 6.33 Å². The van der Waals surface area contributed by atoms with Crippen LogP contribution in [0.15, 0.2) is 84.0 Å². The lowest BCUT2D eigenvalue weighted by atomic mass is 10.2. The quantitative estimate of drug-likeness (QED) is 0.423. The average molecular weight is 477 g/mol. The van der Waals surface area contributed by atoms with Gasteiger partial charge >= 0.3 is 0 Å². The standard InChI is InChI=1S/C25H24N4O4S/c30-25(18-7-13-22(14-8-18)34(31,32)27-16-21-4-3-15-33-21)28-19-9-11-20(12-10-19)29-17-26-23-5-1-2-6-24(23)29/h1-2,5-14,17,21,27H,3-4,15-16H2,(H,28,30)/t21-/m0/s1. The van der Waals surface area contributed by atoms with Gasteiger partial charge < -0.3 is 10.1 Å². The number of rotatable bonds is 7. The monoisotopic (exact) mass is 476 g/mol. The van der Waals surface area contributed by atoms with Gasteiger partial charge in [-0.05, 0) is 73.5 Å². The van der Waals surface area contributed by atoms with E-state index in [9.17, 15) is 13.2 Å². The molecular formula is C25H24N4O4S. The van der Waals surface area contributed by atoms with Crippen LogP contribution in [-0.2, 0) is 14.8 Å². The van der Waals surface area contributed by atoms with Crippen LogP contribution in [0.5, 0.6) is 0 Å².